The molecule has 0 aromatic carbocycles. The van der Waals surface area contributed by atoms with Crippen molar-refractivity contribution < 1.29 is 28.6 Å². The zero-order valence-electron chi connectivity index (χ0n) is 33.9. The van der Waals surface area contributed by atoms with Crippen molar-refractivity contribution in [3.05, 3.63) is 122 Å². The van der Waals surface area contributed by atoms with E-state index in [2.05, 4.69) is 75.5 Å². The number of hydrogen-bond acceptors (Lipinski definition) is 6. The average Bonchev–Trinajstić information content (AvgIpc) is 3.17. The van der Waals surface area contributed by atoms with Gasteiger partial charge in [0.2, 0.25) is 0 Å². The summed E-state index contributed by atoms with van der Waals surface area (Å²) in [4.78, 5) is 37.5. The van der Waals surface area contributed by atoms with Crippen molar-refractivity contribution in [2.24, 2.45) is 0 Å². The fourth-order valence-electron chi connectivity index (χ4n) is 4.86. The zero-order valence-corrected chi connectivity index (χ0v) is 33.9. The van der Waals surface area contributed by atoms with Crippen molar-refractivity contribution >= 4 is 17.9 Å². The van der Waals surface area contributed by atoms with Gasteiger partial charge in [0.25, 0.3) is 0 Å². The van der Waals surface area contributed by atoms with E-state index in [-0.39, 0.29) is 32.0 Å². The topological polar surface area (TPSA) is 78.9 Å². The van der Waals surface area contributed by atoms with Gasteiger partial charge in [0.1, 0.15) is 13.2 Å². The monoisotopic (exact) mass is 745 g/mol. The molecule has 0 heterocycles. The van der Waals surface area contributed by atoms with Crippen molar-refractivity contribution in [1.29, 1.82) is 0 Å². The third kappa shape index (κ3) is 39.0. The van der Waals surface area contributed by atoms with Crippen molar-refractivity contribution in [2.45, 2.75) is 149 Å². The molecular formula is C48H72O6. The molecule has 6 heteroatoms. The molecule has 0 bridgehead atoms. The number of allylic oxidation sites excluding steroid dienone is 19. The predicted octanol–water partition coefficient (Wildman–Crippen LogP) is 13.0. The van der Waals surface area contributed by atoms with E-state index < -0.39 is 18.0 Å². The Kier molecular flexibility index (Phi) is 38.3. The van der Waals surface area contributed by atoms with Gasteiger partial charge >= 0.3 is 17.9 Å². The normalized spacial score (nSPS) is 13.3. The predicted molar refractivity (Wildman–Crippen MR) is 228 cm³/mol. The summed E-state index contributed by atoms with van der Waals surface area (Å²) in [6.07, 6.45) is 56.5. The van der Waals surface area contributed by atoms with Crippen molar-refractivity contribution in [1.82, 2.24) is 0 Å². The molecule has 0 amide bonds. The molecule has 54 heavy (non-hydrogen) atoms. The van der Waals surface area contributed by atoms with E-state index in [1.807, 2.05) is 60.8 Å². The van der Waals surface area contributed by atoms with Gasteiger partial charge in [0.05, 0.1) is 6.42 Å². The van der Waals surface area contributed by atoms with E-state index in [9.17, 15) is 14.4 Å². The molecule has 0 saturated heterocycles. The summed E-state index contributed by atoms with van der Waals surface area (Å²) >= 11 is 0. The van der Waals surface area contributed by atoms with Crippen LogP contribution in [-0.2, 0) is 28.6 Å². The molecule has 0 spiro atoms. The lowest BCUT2D eigenvalue weighted by atomic mass is 10.1. The molecule has 0 fully saturated rings. The first-order valence-corrected chi connectivity index (χ1v) is 20.6. The summed E-state index contributed by atoms with van der Waals surface area (Å²) in [7, 11) is 0. The van der Waals surface area contributed by atoms with E-state index in [1.165, 1.54) is 25.7 Å². The first kappa shape index (κ1) is 49.8. The number of esters is 3. The molecule has 0 rings (SSSR count). The minimum atomic E-state index is -0.854. The number of rotatable bonds is 34. The minimum absolute atomic E-state index is 0.113. The van der Waals surface area contributed by atoms with Crippen molar-refractivity contribution in [2.75, 3.05) is 13.2 Å². The third-order valence-electron chi connectivity index (χ3n) is 7.85. The first-order valence-electron chi connectivity index (χ1n) is 20.6. The second-order valence-corrected chi connectivity index (χ2v) is 12.9. The van der Waals surface area contributed by atoms with Crippen LogP contribution in [-0.4, -0.2) is 37.2 Å². The lowest BCUT2D eigenvalue weighted by Crippen LogP contribution is -2.30. The van der Waals surface area contributed by atoms with E-state index in [0.29, 0.717) is 19.3 Å². The molecule has 6 nitrogen and oxygen atoms in total. The van der Waals surface area contributed by atoms with Crippen LogP contribution < -0.4 is 0 Å². The number of carbonyl (C=O) groups excluding carboxylic acids is 3. The maximum absolute atomic E-state index is 12.6. The lowest BCUT2D eigenvalue weighted by molar-refractivity contribution is -0.166. The van der Waals surface area contributed by atoms with Crippen LogP contribution in [0.1, 0.15) is 143 Å². The molecule has 0 aromatic rings. The van der Waals surface area contributed by atoms with Crippen molar-refractivity contribution in [3.63, 3.8) is 0 Å². The fourth-order valence-corrected chi connectivity index (χ4v) is 4.86. The molecule has 300 valence electrons. The summed E-state index contributed by atoms with van der Waals surface area (Å²) < 4.78 is 16.4. The van der Waals surface area contributed by atoms with E-state index >= 15 is 0 Å². The van der Waals surface area contributed by atoms with Gasteiger partial charge in [0, 0.05) is 12.8 Å². The van der Waals surface area contributed by atoms with Gasteiger partial charge in [-0.3, -0.25) is 14.4 Å². The Morgan fingerprint density at radius 3 is 1.46 bits per heavy atom. The summed E-state index contributed by atoms with van der Waals surface area (Å²) in [5.74, 6) is -1.17. The Bertz CT molecular complexity index is 1220. The average molecular weight is 745 g/mol. The highest BCUT2D eigenvalue weighted by Gasteiger charge is 2.19. The van der Waals surface area contributed by atoms with Crippen LogP contribution in [0.3, 0.4) is 0 Å². The van der Waals surface area contributed by atoms with Crippen LogP contribution in [0.15, 0.2) is 122 Å². The largest absolute Gasteiger partial charge is 0.462 e. The fraction of sp³-hybridized carbons (Fsp3) is 0.521. The van der Waals surface area contributed by atoms with Gasteiger partial charge in [-0.05, 0) is 70.6 Å². The summed E-state index contributed by atoms with van der Waals surface area (Å²) in [6.45, 7) is 6.05. The highest BCUT2D eigenvalue weighted by molar-refractivity contribution is 5.72. The molecule has 0 aromatic heterocycles. The minimum Gasteiger partial charge on any atom is -0.462 e. The Hall–Kier alpha value is -4.19. The number of unbranched alkanes of at least 4 members (excludes halogenated alkanes) is 8. The SMILES string of the molecule is CC\C=C/C=C\C=C/C=C\C=C/CCCC(=O)OC(COC(=O)C/C=C\C/C=C\C/C=C\CC)COC(=O)CCCCCCCCC/C=C\C/C=C\CC. The number of ether oxygens (including phenoxy) is 3. The highest BCUT2D eigenvalue weighted by Crippen LogP contribution is 2.11. The molecular weight excluding hydrogens is 673 g/mol. The molecule has 1 unspecified atom stereocenters. The van der Waals surface area contributed by atoms with Crippen LogP contribution in [0.25, 0.3) is 0 Å². The van der Waals surface area contributed by atoms with Crippen LogP contribution in [0.4, 0.5) is 0 Å². The van der Waals surface area contributed by atoms with E-state index in [4.69, 9.17) is 14.2 Å². The highest BCUT2D eigenvalue weighted by atomic mass is 16.6. The Morgan fingerprint density at radius 2 is 0.852 bits per heavy atom. The summed E-state index contributed by atoms with van der Waals surface area (Å²) in [5.41, 5.74) is 0. The summed E-state index contributed by atoms with van der Waals surface area (Å²) in [6, 6.07) is 0. The van der Waals surface area contributed by atoms with Gasteiger partial charge in [-0.1, -0.05) is 174 Å². The third-order valence-corrected chi connectivity index (χ3v) is 7.85. The van der Waals surface area contributed by atoms with Gasteiger partial charge < -0.3 is 14.2 Å². The van der Waals surface area contributed by atoms with Gasteiger partial charge in [-0.15, -0.1) is 0 Å². The van der Waals surface area contributed by atoms with Crippen LogP contribution in [0.5, 0.6) is 0 Å². The standard InChI is InChI=1S/C48H72O6/c1-4-7-10-13-16-19-21-23-25-26-29-32-35-38-41-47(50)53-44-45(43-52-46(49)40-37-34-31-28-18-15-12-9-6-3)54-48(51)42-39-36-33-30-27-24-22-20-17-14-11-8-5-2/h7-12,14,16-20,22,24,27-28,30,33-34,37,45H,4-6,13,15,21,23,25-26,29,31-32,35-36,38-44H2,1-3H3/b10-7-,11-8-,12-9-,17-14-,19-16-,22-20-,27-24-,28-18-,33-30-,37-34-. The zero-order chi connectivity index (χ0) is 39.4. The molecule has 0 N–H and O–H groups in total. The van der Waals surface area contributed by atoms with Gasteiger partial charge in [-0.25, -0.2) is 0 Å². The van der Waals surface area contributed by atoms with E-state index in [1.54, 1.807) is 6.08 Å². The first-order chi connectivity index (χ1) is 26.5. The number of hydrogen-bond donors (Lipinski definition) is 0. The smallest absolute Gasteiger partial charge is 0.309 e. The molecule has 0 aliphatic rings. The van der Waals surface area contributed by atoms with Crippen LogP contribution in [0, 0.1) is 0 Å². The second-order valence-electron chi connectivity index (χ2n) is 12.9. The number of carbonyl (C=O) groups is 3. The maximum atomic E-state index is 12.6. The van der Waals surface area contributed by atoms with Crippen LogP contribution in [0.2, 0.25) is 0 Å². The van der Waals surface area contributed by atoms with Gasteiger partial charge in [0.15, 0.2) is 6.10 Å². The van der Waals surface area contributed by atoms with Crippen molar-refractivity contribution in [3.8, 4) is 0 Å². The second kappa shape index (κ2) is 41.6. The molecule has 0 saturated carbocycles. The van der Waals surface area contributed by atoms with E-state index in [0.717, 1.165) is 64.2 Å². The Balaban J connectivity index is 4.60. The van der Waals surface area contributed by atoms with Gasteiger partial charge in [-0.2, -0.15) is 0 Å². The molecule has 1 atom stereocenters. The quantitative estimate of drug-likeness (QED) is 0.0215. The maximum Gasteiger partial charge on any atom is 0.309 e. The molecule has 0 aliphatic carbocycles. The Labute approximate surface area is 329 Å². The Morgan fingerprint density at radius 1 is 0.407 bits per heavy atom. The van der Waals surface area contributed by atoms with Crippen LogP contribution >= 0.6 is 0 Å². The lowest BCUT2D eigenvalue weighted by Gasteiger charge is -2.18. The molecule has 0 radical (unpaired) electrons. The molecule has 0 aliphatic heterocycles. The summed E-state index contributed by atoms with van der Waals surface area (Å²) in [5, 5.41) is 0.